The summed E-state index contributed by atoms with van der Waals surface area (Å²) in [7, 11) is 1.36. The van der Waals surface area contributed by atoms with Crippen LogP contribution >= 0.6 is 0 Å². The Labute approximate surface area is 145 Å². The Hall–Kier alpha value is -3.03. The van der Waals surface area contributed by atoms with Gasteiger partial charge in [-0.2, -0.15) is 0 Å². The highest BCUT2D eigenvalue weighted by atomic mass is 16.5. The molecule has 0 radical (unpaired) electrons. The monoisotopic (exact) mass is 340 g/mol. The highest BCUT2D eigenvalue weighted by Crippen LogP contribution is 2.20. The third kappa shape index (κ3) is 3.57. The number of nitrogens with zero attached hydrogens (tertiary/aromatic N) is 5. The Morgan fingerprint density at radius 2 is 2.04 bits per heavy atom. The zero-order valence-corrected chi connectivity index (χ0v) is 14.5. The molecule has 0 aliphatic heterocycles. The molecule has 3 aromatic heterocycles. The maximum Gasteiger partial charge on any atom is 0.305 e. The molecular weight excluding hydrogens is 320 g/mol. The molecule has 0 bridgehead atoms. The Balaban J connectivity index is 1.97. The summed E-state index contributed by atoms with van der Waals surface area (Å²) in [6.45, 7) is 4.43. The number of pyridine rings is 1. The highest BCUT2D eigenvalue weighted by Gasteiger charge is 2.15. The largest absolute Gasteiger partial charge is 0.469 e. The molecule has 3 aromatic rings. The number of hydrogen-bond acceptors (Lipinski definition) is 7. The van der Waals surface area contributed by atoms with Crippen molar-refractivity contribution in [1.29, 1.82) is 0 Å². The Morgan fingerprint density at radius 1 is 1.24 bits per heavy atom. The van der Waals surface area contributed by atoms with Gasteiger partial charge in [-0.3, -0.25) is 9.78 Å². The number of nitrogens with two attached hydrogens (primary N) is 1. The van der Waals surface area contributed by atoms with Gasteiger partial charge in [-0.05, 0) is 25.5 Å². The molecule has 3 rings (SSSR count). The fraction of sp³-hybridized carbons (Fsp3) is 0.353. The molecule has 8 heteroatoms. The van der Waals surface area contributed by atoms with Gasteiger partial charge in [0.25, 0.3) is 0 Å². The maximum absolute atomic E-state index is 11.3. The van der Waals surface area contributed by atoms with Crippen molar-refractivity contribution in [1.82, 2.24) is 24.5 Å². The Bertz CT molecular complexity index is 917. The van der Waals surface area contributed by atoms with Crippen LogP contribution in [0, 0.1) is 13.8 Å². The third-order valence-corrected chi connectivity index (χ3v) is 3.95. The normalized spacial score (nSPS) is 11.0. The summed E-state index contributed by atoms with van der Waals surface area (Å²) in [6, 6.07) is 3.99. The van der Waals surface area contributed by atoms with Crippen molar-refractivity contribution in [2.24, 2.45) is 0 Å². The zero-order chi connectivity index (χ0) is 18.0. The van der Waals surface area contributed by atoms with E-state index in [-0.39, 0.29) is 12.4 Å². The van der Waals surface area contributed by atoms with Crippen molar-refractivity contribution in [3.63, 3.8) is 0 Å². The van der Waals surface area contributed by atoms with Gasteiger partial charge >= 0.3 is 5.97 Å². The number of aromatic nitrogens is 5. The second-order valence-electron chi connectivity index (χ2n) is 5.83. The number of nitrogen functional groups attached to an aromatic ring is 1. The Morgan fingerprint density at radius 3 is 2.72 bits per heavy atom. The second kappa shape index (κ2) is 6.84. The van der Waals surface area contributed by atoms with Gasteiger partial charge in [0.15, 0.2) is 17.0 Å². The molecule has 0 saturated carbocycles. The quantitative estimate of drug-likeness (QED) is 0.702. The molecule has 2 N–H and O–H groups in total. The van der Waals surface area contributed by atoms with Gasteiger partial charge in [0.05, 0.1) is 20.1 Å². The van der Waals surface area contributed by atoms with E-state index in [1.54, 1.807) is 0 Å². The van der Waals surface area contributed by atoms with E-state index in [0.717, 1.165) is 17.1 Å². The molecule has 0 amide bonds. The van der Waals surface area contributed by atoms with Crippen LogP contribution in [-0.4, -0.2) is 37.6 Å². The SMILES string of the molecule is COC(=O)CCc1nc(N)c2nc(C)n(Cc3ccc(C)nc3)c2n1. The van der Waals surface area contributed by atoms with E-state index in [0.29, 0.717) is 35.8 Å². The number of hydrogen-bond donors (Lipinski definition) is 1. The van der Waals surface area contributed by atoms with E-state index in [1.807, 2.05) is 36.7 Å². The molecule has 0 fully saturated rings. The molecule has 0 aliphatic rings. The van der Waals surface area contributed by atoms with Crippen molar-refractivity contribution < 1.29 is 9.53 Å². The van der Waals surface area contributed by atoms with E-state index in [1.165, 1.54) is 7.11 Å². The number of ether oxygens (including phenoxy) is 1. The average Bonchev–Trinajstić information content (AvgIpc) is 2.91. The van der Waals surface area contributed by atoms with Crippen LogP contribution < -0.4 is 5.73 Å². The van der Waals surface area contributed by atoms with Gasteiger partial charge in [0.2, 0.25) is 0 Å². The summed E-state index contributed by atoms with van der Waals surface area (Å²) in [5.41, 5.74) is 9.27. The predicted molar refractivity (Wildman–Crippen MR) is 92.9 cm³/mol. The topological polar surface area (TPSA) is 109 Å². The smallest absolute Gasteiger partial charge is 0.305 e. The molecule has 25 heavy (non-hydrogen) atoms. The van der Waals surface area contributed by atoms with Gasteiger partial charge in [-0.1, -0.05) is 6.07 Å². The number of aryl methyl sites for hydroxylation is 3. The van der Waals surface area contributed by atoms with Crippen molar-refractivity contribution in [3.8, 4) is 0 Å². The highest BCUT2D eigenvalue weighted by molar-refractivity contribution is 5.82. The van der Waals surface area contributed by atoms with Gasteiger partial charge in [0.1, 0.15) is 11.6 Å². The predicted octanol–water partition coefficient (Wildman–Crippen LogP) is 1.57. The van der Waals surface area contributed by atoms with Crippen molar-refractivity contribution in [2.75, 3.05) is 12.8 Å². The van der Waals surface area contributed by atoms with E-state index < -0.39 is 0 Å². The number of imidazole rings is 1. The lowest BCUT2D eigenvalue weighted by atomic mass is 10.2. The number of methoxy groups -OCH3 is 1. The van der Waals surface area contributed by atoms with Gasteiger partial charge in [-0.15, -0.1) is 0 Å². The first-order valence-electron chi connectivity index (χ1n) is 7.95. The van der Waals surface area contributed by atoms with E-state index in [4.69, 9.17) is 5.73 Å². The summed E-state index contributed by atoms with van der Waals surface area (Å²) >= 11 is 0. The number of fused-ring (bicyclic) bond motifs is 1. The summed E-state index contributed by atoms with van der Waals surface area (Å²) in [6.07, 6.45) is 2.41. The summed E-state index contributed by atoms with van der Waals surface area (Å²) in [5, 5.41) is 0. The molecule has 0 saturated heterocycles. The van der Waals surface area contributed by atoms with Crippen molar-refractivity contribution in [3.05, 3.63) is 41.2 Å². The third-order valence-electron chi connectivity index (χ3n) is 3.95. The second-order valence-corrected chi connectivity index (χ2v) is 5.83. The van der Waals surface area contributed by atoms with Crippen LogP contribution in [0.1, 0.15) is 29.3 Å². The van der Waals surface area contributed by atoms with Crippen LogP contribution in [0.3, 0.4) is 0 Å². The molecule has 130 valence electrons. The first-order chi connectivity index (χ1) is 12.0. The first-order valence-corrected chi connectivity index (χ1v) is 7.95. The molecule has 0 spiro atoms. The molecular formula is C17H20N6O2. The minimum Gasteiger partial charge on any atom is -0.469 e. The number of anilines is 1. The maximum atomic E-state index is 11.3. The lowest BCUT2D eigenvalue weighted by Gasteiger charge is -2.08. The summed E-state index contributed by atoms with van der Waals surface area (Å²) < 4.78 is 6.63. The fourth-order valence-electron chi connectivity index (χ4n) is 2.57. The molecule has 0 aromatic carbocycles. The fourth-order valence-corrected chi connectivity index (χ4v) is 2.57. The molecule has 3 heterocycles. The molecule has 0 atom stereocenters. The van der Waals surface area contributed by atoms with Crippen LogP contribution in [0.2, 0.25) is 0 Å². The van der Waals surface area contributed by atoms with Crippen LogP contribution in [-0.2, 0) is 22.5 Å². The van der Waals surface area contributed by atoms with Crippen molar-refractivity contribution >= 4 is 23.0 Å². The van der Waals surface area contributed by atoms with Crippen molar-refractivity contribution in [2.45, 2.75) is 33.2 Å². The van der Waals surface area contributed by atoms with Crippen LogP contribution in [0.4, 0.5) is 5.82 Å². The number of esters is 1. The van der Waals surface area contributed by atoms with Gasteiger partial charge in [0, 0.05) is 18.3 Å². The minimum atomic E-state index is -0.308. The first kappa shape index (κ1) is 16.8. The molecule has 8 nitrogen and oxygen atoms in total. The van der Waals surface area contributed by atoms with E-state index in [9.17, 15) is 4.79 Å². The number of rotatable bonds is 5. The van der Waals surface area contributed by atoms with Gasteiger partial charge in [-0.25, -0.2) is 15.0 Å². The summed E-state index contributed by atoms with van der Waals surface area (Å²) in [4.78, 5) is 28.9. The van der Waals surface area contributed by atoms with Crippen LogP contribution in [0.25, 0.3) is 11.2 Å². The van der Waals surface area contributed by atoms with Crippen LogP contribution in [0.15, 0.2) is 18.3 Å². The minimum absolute atomic E-state index is 0.205. The molecule has 0 unspecified atom stereocenters. The Kier molecular flexibility index (Phi) is 4.60. The standard InChI is InChI=1S/C17H20N6O2/c1-10-4-5-12(8-19-10)9-23-11(2)20-15-16(18)21-13(22-17(15)23)6-7-14(24)25-3/h4-5,8H,6-7,9H2,1-3H3,(H2,18,21,22). The lowest BCUT2D eigenvalue weighted by Crippen LogP contribution is -2.08. The lowest BCUT2D eigenvalue weighted by molar-refractivity contribution is -0.140. The van der Waals surface area contributed by atoms with E-state index in [2.05, 4.69) is 24.7 Å². The molecule has 0 aliphatic carbocycles. The van der Waals surface area contributed by atoms with Crippen LogP contribution in [0.5, 0.6) is 0 Å². The zero-order valence-electron chi connectivity index (χ0n) is 14.5. The number of carbonyl (C=O) groups is 1. The average molecular weight is 340 g/mol. The summed E-state index contributed by atoms with van der Waals surface area (Å²) in [5.74, 6) is 1.30. The van der Waals surface area contributed by atoms with Gasteiger partial charge < -0.3 is 15.0 Å². The van der Waals surface area contributed by atoms with E-state index >= 15 is 0 Å². The number of carbonyl (C=O) groups excluding carboxylic acids is 1.